The molecule has 4 nitrogen and oxygen atoms in total. The van der Waals surface area contributed by atoms with Crippen molar-refractivity contribution in [3.63, 3.8) is 0 Å². The summed E-state index contributed by atoms with van der Waals surface area (Å²) in [6.45, 7) is 1.46. The molecular formula is C12H13F2NO3S. The van der Waals surface area contributed by atoms with Gasteiger partial charge in [0.25, 0.3) is 0 Å². The van der Waals surface area contributed by atoms with Crippen LogP contribution in [0, 0.1) is 11.6 Å². The number of amides is 1. The minimum atomic E-state index is -1.02. The Balaban J connectivity index is 2.57. The average Bonchev–Trinajstić information content (AvgIpc) is 2.27. The molecule has 104 valence electrons. The number of carbonyl (C=O) groups is 2. The normalized spacial score (nSPS) is 11.9. The molecule has 1 atom stereocenters. The molecule has 0 saturated heterocycles. The van der Waals surface area contributed by atoms with Gasteiger partial charge in [-0.2, -0.15) is 0 Å². The summed E-state index contributed by atoms with van der Waals surface area (Å²) < 4.78 is 26.9. The first-order valence-electron chi connectivity index (χ1n) is 5.44. The van der Waals surface area contributed by atoms with Gasteiger partial charge >= 0.3 is 5.97 Å². The van der Waals surface area contributed by atoms with E-state index >= 15 is 0 Å². The van der Waals surface area contributed by atoms with E-state index in [0.717, 1.165) is 23.9 Å². The lowest BCUT2D eigenvalue weighted by atomic mass is 10.1. The van der Waals surface area contributed by atoms with Crippen molar-refractivity contribution in [1.82, 2.24) is 5.32 Å². The van der Waals surface area contributed by atoms with Gasteiger partial charge in [0.2, 0.25) is 5.91 Å². The first kappa shape index (κ1) is 15.4. The third-order valence-corrected chi connectivity index (χ3v) is 3.19. The predicted octanol–water partition coefficient (Wildman–Crippen LogP) is 1.96. The van der Waals surface area contributed by atoms with Crippen LogP contribution in [-0.4, -0.2) is 28.5 Å². The maximum absolute atomic E-state index is 13.4. The number of carbonyl (C=O) groups excluding carboxylic acids is 1. The average molecular weight is 289 g/mol. The molecule has 1 aromatic carbocycles. The molecule has 0 aliphatic heterocycles. The standard InChI is InChI=1S/C12H13F2NO3S/c1-7(12-8(13)3-2-4-9(12)14)15-10(16)5-19-6-11(17)18/h2-4,7H,5-6H2,1H3,(H,15,16)(H,17,18). The molecule has 1 rings (SSSR count). The van der Waals surface area contributed by atoms with Crippen LogP contribution in [0.3, 0.4) is 0 Å². The van der Waals surface area contributed by atoms with Crippen LogP contribution in [0.1, 0.15) is 18.5 Å². The maximum Gasteiger partial charge on any atom is 0.313 e. The quantitative estimate of drug-likeness (QED) is 0.840. The monoisotopic (exact) mass is 289 g/mol. The highest BCUT2D eigenvalue weighted by atomic mass is 32.2. The number of halogens is 2. The summed E-state index contributed by atoms with van der Waals surface area (Å²) in [7, 11) is 0. The number of thioether (sulfide) groups is 1. The van der Waals surface area contributed by atoms with Crippen LogP contribution < -0.4 is 5.32 Å². The fraction of sp³-hybridized carbons (Fsp3) is 0.333. The van der Waals surface area contributed by atoms with Crippen molar-refractivity contribution in [1.29, 1.82) is 0 Å². The fourth-order valence-corrected chi connectivity index (χ4v) is 2.06. The summed E-state index contributed by atoms with van der Waals surface area (Å²) in [5.41, 5.74) is -0.209. The second-order valence-corrected chi connectivity index (χ2v) is 4.80. The Hall–Kier alpha value is -1.63. The van der Waals surface area contributed by atoms with E-state index in [4.69, 9.17) is 5.11 Å². The minimum Gasteiger partial charge on any atom is -0.481 e. The van der Waals surface area contributed by atoms with Crippen molar-refractivity contribution in [2.24, 2.45) is 0 Å². The SMILES string of the molecule is CC(NC(=O)CSCC(=O)O)c1c(F)cccc1F. The van der Waals surface area contributed by atoms with Crippen molar-refractivity contribution < 1.29 is 23.5 Å². The molecule has 19 heavy (non-hydrogen) atoms. The van der Waals surface area contributed by atoms with Crippen LogP contribution in [0.5, 0.6) is 0 Å². The highest BCUT2D eigenvalue weighted by molar-refractivity contribution is 8.00. The summed E-state index contributed by atoms with van der Waals surface area (Å²) in [6, 6.07) is 2.64. The molecule has 0 spiro atoms. The Morgan fingerprint density at radius 2 is 1.89 bits per heavy atom. The topological polar surface area (TPSA) is 66.4 Å². The van der Waals surface area contributed by atoms with Gasteiger partial charge in [0.1, 0.15) is 11.6 Å². The van der Waals surface area contributed by atoms with Gasteiger partial charge in [-0.3, -0.25) is 9.59 Å². The molecule has 0 aliphatic rings. The van der Waals surface area contributed by atoms with Crippen molar-refractivity contribution in [3.8, 4) is 0 Å². The zero-order valence-corrected chi connectivity index (χ0v) is 11.0. The number of hydrogen-bond acceptors (Lipinski definition) is 3. The lowest BCUT2D eigenvalue weighted by Crippen LogP contribution is -2.29. The van der Waals surface area contributed by atoms with E-state index in [1.54, 1.807) is 0 Å². The molecule has 0 fully saturated rings. The molecule has 1 unspecified atom stereocenters. The van der Waals surface area contributed by atoms with Gasteiger partial charge in [-0.05, 0) is 19.1 Å². The van der Waals surface area contributed by atoms with E-state index in [1.807, 2.05) is 0 Å². The number of rotatable bonds is 6. The van der Waals surface area contributed by atoms with Crippen molar-refractivity contribution in [2.45, 2.75) is 13.0 Å². The molecule has 1 amide bonds. The van der Waals surface area contributed by atoms with Gasteiger partial charge in [-0.15, -0.1) is 11.8 Å². The van der Waals surface area contributed by atoms with E-state index in [2.05, 4.69) is 5.32 Å². The third-order valence-electron chi connectivity index (χ3n) is 2.27. The molecule has 0 heterocycles. The largest absolute Gasteiger partial charge is 0.481 e. The Morgan fingerprint density at radius 3 is 2.42 bits per heavy atom. The Morgan fingerprint density at radius 1 is 1.32 bits per heavy atom. The minimum absolute atomic E-state index is 0.0767. The number of nitrogens with one attached hydrogen (secondary N) is 1. The van der Waals surface area contributed by atoms with Crippen molar-refractivity contribution >= 4 is 23.6 Å². The predicted molar refractivity (Wildman–Crippen MR) is 67.9 cm³/mol. The Labute approximate surface area is 113 Å². The van der Waals surface area contributed by atoms with Gasteiger partial charge in [0.15, 0.2) is 0 Å². The fourth-order valence-electron chi connectivity index (χ4n) is 1.51. The Kier molecular flexibility index (Phi) is 5.75. The van der Waals surface area contributed by atoms with Crippen LogP contribution in [-0.2, 0) is 9.59 Å². The summed E-state index contributed by atoms with van der Waals surface area (Å²) in [6.07, 6.45) is 0. The molecule has 0 bridgehead atoms. The van der Waals surface area contributed by atoms with E-state index in [-0.39, 0.29) is 17.1 Å². The highest BCUT2D eigenvalue weighted by Crippen LogP contribution is 2.20. The zero-order valence-electron chi connectivity index (χ0n) is 10.2. The second kappa shape index (κ2) is 7.08. The van der Waals surface area contributed by atoms with Crippen LogP contribution in [0.25, 0.3) is 0 Å². The molecule has 0 aliphatic carbocycles. The summed E-state index contributed by atoms with van der Waals surface area (Å²) in [5.74, 6) is -3.23. The van der Waals surface area contributed by atoms with Gasteiger partial charge < -0.3 is 10.4 Å². The number of carboxylic acids is 1. The van der Waals surface area contributed by atoms with Crippen molar-refractivity contribution in [3.05, 3.63) is 35.4 Å². The second-order valence-electron chi connectivity index (χ2n) is 3.81. The molecule has 0 aromatic heterocycles. The lowest BCUT2D eigenvalue weighted by molar-refractivity contribution is -0.133. The Bertz CT molecular complexity index is 462. The smallest absolute Gasteiger partial charge is 0.313 e. The lowest BCUT2D eigenvalue weighted by Gasteiger charge is -2.15. The zero-order chi connectivity index (χ0) is 14.4. The van der Waals surface area contributed by atoms with E-state index in [1.165, 1.54) is 13.0 Å². The van der Waals surface area contributed by atoms with Crippen LogP contribution >= 0.6 is 11.8 Å². The number of carboxylic acid groups (broad SMARTS) is 1. The van der Waals surface area contributed by atoms with Gasteiger partial charge in [0, 0.05) is 5.56 Å². The van der Waals surface area contributed by atoms with Crippen molar-refractivity contribution in [2.75, 3.05) is 11.5 Å². The summed E-state index contributed by atoms with van der Waals surface area (Å²) in [4.78, 5) is 21.7. The molecule has 1 aromatic rings. The first-order chi connectivity index (χ1) is 8.91. The molecule has 0 saturated carbocycles. The van der Waals surface area contributed by atoms with Crippen LogP contribution in [0.15, 0.2) is 18.2 Å². The van der Waals surface area contributed by atoms with Crippen LogP contribution in [0.2, 0.25) is 0 Å². The van der Waals surface area contributed by atoms with E-state index in [0.29, 0.717) is 0 Å². The van der Waals surface area contributed by atoms with E-state index in [9.17, 15) is 18.4 Å². The molecule has 7 heteroatoms. The highest BCUT2D eigenvalue weighted by Gasteiger charge is 2.17. The summed E-state index contributed by atoms with van der Waals surface area (Å²) >= 11 is 0.916. The molecular weight excluding hydrogens is 276 g/mol. The third kappa shape index (κ3) is 4.86. The number of hydrogen-bond donors (Lipinski definition) is 2. The number of aliphatic carboxylic acids is 1. The van der Waals surface area contributed by atoms with Gasteiger partial charge in [0.05, 0.1) is 17.5 Å². The van der Waals surface area contributed by atoms with E-state index < -0.39 is 29.6 Å². The van der Waals surface area contributed by atoms with Gasteiger partial charge in [-0.25, -0.2) is 8.78 Å². The van der Waals surface area contributed by atoms with Crippen LogP contribution in [0.4, 0.5) is 8.78 Å². The maximum atomic E-state index is 13.4. The molecule has 2 N–H and O–H groups in total. The summed E-state index contributed by atoms with van der Waals surface area (Å²) in [5, 5.41) is 10.8. The number of benzene rings is 1. The molecule has 0 radical (unpaired) electrons. The first-order valence-corrected chi connectivity index (χ1v) is 6.60. The van der Waals surface area contributed by atoms with Gasteiger partial charge in [-0.1, -0.05) is 6.07 Å².